The molecule has 0 spiro atoms. The SMILES string of the molecule is CC(C)=C1CC(C)(C)C(O)C2C1=CC(=O)C2C. The second-order valence-corrected chi connectivity index (χ2v) is 6.41. The predicted molar refractivity (Wildman–Crippen MR) is 68.5 cm³/mol. The van der Waals surface area contributed by atoms with Crippen LogP contribution in [-0.4, -0.2) is 17.0 Å². The van der Waals surface area contributed by atoms with Gasteiger partial charge in [-0.2, -0.15) is 0 Å². The van der Waals surface area contributed by atoms with Gasteiger partial charge in [0.25, 0.3) is 0 Å². The molecule has 1 fully saturated rings. The van der Waals surface area contributed by atoms with Crippen LogP contribution < -0.4 is 0 Å². The smallest absolute Gasteiger partial charge is 0.159 e. The van der Waals surface area contributed by atoms with Crippen LogP contribution in [0.4, 0.5) is 0 Å². The molecule has 3 atom stereocenters. The van der Waals surface area contributed by atoms with E-state index in [-0.39, 0.29) is 23.0 Å². The molecule has 0 bridgehead atoms. The number of aliphatic hydroxyl groups is 1. The van der Waals surface area contributed by atoms with E-state index >= 15 is 0 Å². The number of aliphatic hydroxyl groups excluding tert-OH is 1. The van der Waals surface area contributed by atoms with Gasteiger partial charge in [0, 0.05) is 11.8 Å². The van der Waals surface area contributed by atoms with E-state index in [2.05, 4.69) is 27.7 Å². The van der Waals surface area contributed by atoms with E-state index in [1.165, 1.54) is 11.1 Å². The van der Waals surface area contributed by atoms with Crippen molar-refractivity contribution in [2.75, 3.05) is 0 Å². The molecule has 3 unspecified atom stereocenters. The first kappa shape index (κ1) is 12.6. The predicted octanol–water partition coefficient (Wildman–Crippen LogP) is 2.88. The van der Waals surface area contributed by atoms with Gasteiger partial charge in [0.05, 0.1) is 6.10 Å². The highest BCUT2D eigenvalue weighted by Crippen LogP contribution is 2.51. The van der Waals surface area contributed by atoms with Crippen molar-refractivity contribution >= 4 is 5.78 Å². The third-order valence-corrected chi connectivity index (χ3v) is 4.37. The maximum absolute atomic E-state index is 11.9. The average molecular weight is 234 g/mol. The Bertz CT molecular complexity index is 422. The number of carbonyl (C=O) groups is 1. The number of ketones is 1. The van der Waals surface area contributed by atoms with Gasteiger partial charge in [0.2, 0.25) is 0 Å². The molecule has 0 aromatic carbocycles. The lowest BCUT2D eigenvalue weighted by molar-refractivity contribution is -0.120. The lowest BCUT2D eigenvalue weighted by atomic mass is 9.63. The van der Waals surface area contributed by atoms with Crippen molar-refractivity contribution in [3.05, 3.63) is 22.8 Å². The first-order chi connectivity index (χ1) is 7.75. The second-order valence-electron chi connectivity index (χ2n) is 6.41. The Balaban J connectivity index is 2.53. The van der Waals surface area contributed by atoms with Crippen molar-refractivity contribution < 1.29 is 9.90 Å². The van der Waals surface area contributed by atoms with Gasteiger partial charge in [-0.15, -0.1) is 0 Å². The van der Waals surface area contributed by atoms with Gasteiger partial charge in [-0.25, -0.2) is 0 Å². The summed E-state index contributed by atoms with van der Waals surface area (Å²) in [5.41, 5.74) is 3.49. The molecule has 0 heterocycles. The summed E-state index contributed by atoms with van der Waals surface area (Å²) in [7, 11) is 0. The quantitative estimate of drug-likeness (QED) is 0.699. The minimum absolute atomic E-state index is 0.00356. The van der Waals surface area contributed by atoms with Crippen molar-refractivity contribution in [3.63, 3.8) is 0 Å². The Morgan fingerprint density at radius 1 is 1.41 bits per heavy atom. The Morgan fingerprint density at radius 2 is 2.00 bits per heavy atom. The molecule has 2 nitrogen and oxygen atoms in total. The van der Waals surface area contributed by atoms with Crippen LogP contribution >= 0.6 is 0 Å². The number of carbonyl (C=O) groups excluding carboxylic acids is 1. The second kappa shape index (κ2) is 3.81. The third-order valence-electron chi connectivity index (χ3n) is 4.37. The van der Waals surface area contributed by atoms with E-state index in [1.807, 2.05) is 6.92 Å². The summed E-state index contributed by atoms with van der Waals surface area (Å²) in [6.45, 7) is 10.3. The maximum atomic E-state index is 11.9. The van der Waals surface area contributed by atoms with E-state index in [0.29, 0.717) is 0 Å². The summed E-state index contributed by atoms with van der Waals surface area (Å²) in [5.74, 6) is 0.0885. The van der Waals surface area contributed by atoms with Crippen molar-refractivity contribution in [1.82, 2.24) is 0 Å². The fourth-order valence-electron chi connectivity index (χ4n) is 3.17. The molecule has 2 heteroatoms. The highest BCUT2D eigenvalue weighted by atomic mass is 16.3. The Morgan fingerprint density at radius 3 is 2.53 bits per heavy atom. The zero-order valence-electron chi connectivity index (χ0n) is 11.4. The van der Waals surface area contributed by atoms with Crippen LogP contribution in [-0.2, 0) is 4.79 Å². The van der Waals surface area contributed by atoms with Crippen LogP contribution in [0.15, 0.2) is 22.8 Å². The van der Waals surface area contributed by atoms with Gasteiger partial charge in [0.15, 0.2) is 5.78 Å². The van der Waals surface area contributed by atoms with E-state index < -0.39 is 6.10 Å². The fourth-order valence-corrected chi connectivity index (χ4v) is 3.17. The Labute approximate surface area is 103 Å². The number of allylic oxidation sites excluding steroid dienone is 3. The highest BCUT2D eigenvalue weighted by molar-refractivity contribution is 5.96. The molecule has 2 aliphatic carbocycles. The van der Waals surface area contributed by atoms with Crippen molar-refractivity contribution in [1.29, 1.82) is 0 Å². The standard InChI is InChI=1S/C15H22O2/c1-8(2)11-7-15(4,5)14(17)13-9(3)12(16)6-10(11)13/h6,9,13-14,17H,7H2,1-5H3. The number of hydrogen-bond acceptors (Lipinski definition) is 2. The molecule has 0 aromatic rings. The summed E-state index contributed by atoms with van der Waals surface area (Å²) >= 11 is 0. The van der Waals surface area contributed by atoms with Gasteiger partial charge in [-0.05, 0) is 42.9 Å². The van der Waals surface area contributed by atoms with Gasteiger partial charge in [-0.1, -0.05) is 26.3 Å². The fraction of sp³-hybridized carbons (Fsp3) is 0.667. The van der Waals surface area contributed by atoms with Crippen molar-refractivity contribution in [2.45, 2.75) is 47.1 Å². The molecular formula is C15H22O2. The first-order valence-corrected chi connectivity index (χ1v) is 6.36. The van der Waals surface area contributed by atoms with Crippen molar-refractivity contribution in [2.24, 2.45) is 17.3 Å². The number of rotatable bonds is 0. The lowest BCUT2D eigenvalue weighted by Gasteiger charge is -2.43. The van der Waals surface area contributed by atoms with Gasteiger partial charge < -0.3 is 5.11 Å². The van der Waals surface area contributed by atoms with E-state index in [4.69, 9.17) is 0 Å². The minimum Gasteiger partial charge on any atom is -0.392 e. The van der Waals surface area contributed by atoms with E-state index in [0.717, 1.165) is 12.0 Å². The lowest BCUT2D eigenvalue weighted by Crippen LogP contribution is -2.43. The largest absolute Gasteiger partial charge is 0.392 e. The summed E-state index contributed by atoms with van der Waals surface area (Å²) in [4.78, 5) is 11.9. The molecule has 94 valence electrons. The molecule has 0 saturated heterocycles. The van der Waals surface area contributed by atoms with Gasteiger partial charge in [0.1, 0.15) is 0 Å². The molecule has 0 aliphatic heterocycles. The Kier molecular flexibility index (Phi) is 2.81. The van der Waals surface area contributed by atoms with Crippen LogP contribution in [0.2, 0.25) is 0 Å². The highest BCUT2D eigenvalue weighted by Gasteiger charge is 2.49. The molecule has 0 amide bonds. The third kappa shape index (κ3) is 1.79. The average Bonchev–Trinajstić information content (AvgIpc) is 2.50. The molecule has 2 aliphatic rings. The zero-order chi connectivity index (χ0) is 13.0. The molecule has 1 saturated carbocycles. The summed E-state index contributed by atoms with van der Waals surface area (Å²) in [6.07, 6.45) is 2.20. The van der Waals surface area contributed by atoms with Crippen molar-refractivity contribution in [3.8, 4) is 0 Å². The summed E-state index contributed by atoms with van der Waals surface area (Å²) in [6, 6.07) is 0. The van der Waals surface area contributed by atoms with Crippen LogP contribution in [0, 0.1) is 17.3 Å². The van der Waals surface area contributed by atoms with Crippen LogP contribution in [0.5, 0.6) is 0 Å². The topological polar surface area (TPSA) is 37.3 Å². The molecule has 1 N–H and O–H groups in total. The van der Waals surface area contributed by atoms with Crippen LogP contribution in [0.25, 0.3) is 0 Å². The first-order valence-electron chi connectivity index (χ1n) is 6.36. The molecule has 0 aromatic heterocycles. The molecule has 2 rings (SSSR count). The van der Waals surface area contributed by atoms with Gasteiger partial charge in [-0.3, -0.25) is 4.79 Å². The zero-order valence-corrected chi connectivity index (χ0v) is 11.4. The van der Waals surface area contributed by atoms with Crippen LogP contribution in [0.1, 0.15) is 41.0 Å². The van der Waals surface area contributed by atoms with Crippen LogP contribution in [0.3, 0.4) is 0 Å². The molecule has 17 heavy (non-hydrogen) atoms. The molecular weight excluding hydrogens is 212 g/mol. The Hall–Kier alpha value is -0.890. The summed E-state index contributed by atoms with van der Waals surface area (Å²) < 4.78 is 0. The molecule has 0 radical (unpaired) electrons. The number of hydrogen-bond donors (Lipinski definition) is 1. The van der Waals surface area contributed by atoms with E-state index in [9.17, 15) is 9.90 Å². The monoisotopic (exact) mass is 234 g/mol. The van der Waals surface area contributed by atoms with Gasteiger partial charge >= 0.3 is 0 Å². The van der Waals surface area contributed by atoms with E-state index in [1.54, 1.807) is 6.08 Å². The minimum atomic E-state index is -0.418. The summed E-state index contributed by atoms with van der Waals surface area (Å²) in [5, 5.41) is 10.5. The maximum Gasteiger partial charge on any atom is 0.159 e. The normalized spacial score (nSPS) is 35.6. The number of fused-ring (bicyclic) bond motifs is 1.